The molecule has 1 saturated heterocycles. The molecule has 0 aromatic heterocycles. The Morgan fingerprint density at radius 3 is 3.10 bits per heavy atom. The van der Waals surface area contributed by atoms with Crippen molar-refractivity contribution in [1.82, 2.24) is 4.90 Å². The first kappa shape index (κ1) is 15.2. The van der Waals surface area contributed by atoms with Crippen LogP contribution in [0.1, 0.15) is 18.4 Å². The second kappa shape index (κ2) is 7.57. The number of likely N-dealkylation sites (tertiary alicyclic amines) is 1. The molecule has 1 atom stereocenters. The summed E-state index contributed by atoms with van der Waals surface area (Å²) in [6, 6.07) is 7.58. The van der Waals surface area contributed by atoms with Crippen LogP contribution in [0.2, 0.25) is 0 Å². The summed E-state index contributed by atoms with van der Waals surface area (Å²) in [5.41, 5.74) is 6.44. The number of nitrogens with two attached hydrogens (primary N) is 1. The molecule has 5 heteroatoms. The Hall–Kier alpha value is -1.17. The summed E-state index contributed by atoms with van der Waals surface area (Å²) in [6.07, 6.45) is 2.09. The number of hydrogen-bond acceptors (Lipinski definition) is 4. The lowest BCUT2D eigenvalue weighted by molar-refractivity contribution is 0.222. The Kier molecular flexibility index (Phi) is 5.76. The number of rotatable bonds is 7. The summed E-state index contributed by atoms with van der Waals surface area (Å²) in [5, 5.41) is 8.94. The molecular weight excluding hydrogens is 272 g/mol. The Bertz CT molecular complexity index is 453. The van der Waals surface area contributed by atoms with Gasteiger partial charge in [-0.05, 0) is 37.4 Å². The summed E-state index contributed by atoms with van der Waals surface area (Å²) >= 11 is 4.95. The maximum Gasteiger partial charge on any atom is 0.120 e. The number of aliphatic hydroxyl groups is 1. The van der Waals surface area contributed by atoms with E-state index in [2.05, 4.69) is 4.90 Å². The largest absolute Gasteiger partial charge is 0.492 e. The van der Waals surface area contributed by atoms with E-state index < -0.39 is 0 Å². The predicted octanol–water partition coefficient (Wildman–Crippen LogP) is 1.40. The van der Waals surface area contributed by atoms with Crippen molar-refractivity contribution in [2.45, 2.75) is 12.8 Å². The molecule has 2 rings (SSSR count). The highest BCUT2D eigenvalue weighted by atomic mass is 32.1. The fourth-order valence-electron chi connectivity index (χ4n) is 2.57. The zero-order valence-electron chi connectivity index (χ0n) is 11.6. The van der Waals surface area contributed by atoms with Crippen LogP contribution in [0.5, 0.6) is 5.75 Å². The molecule has 0 spiro atoms. The van der Waals surface area contributed by atoms with E-state index in [1.54, 1.807) is 0 Å². The molecule has 3 N–H and O–H groups in total. The third-order valence-corrected chi connectivity index (χ3v) is 3.94. The Morgan fingerprint density at radius 2 is 2.35 bits per heavy atom. The quantitative estimate of drug-likeness (QED) is 0.745. The van der Waals surface area contributed by atoms with E-state index in [0.29, 0.717) is 24.1 Å². The lowest BCUT2D eigenvalue weighted by atomic mass is 10.1. The van der Waals surface area contributed by atoms with Gasteiger partial charge in [0.2, 0.25) is 0 Å². The summed E-state index contributed by atoms with van der Waals surface area (Å²) in [7, 11) is 0. The highest BCUT2D eigenvalue weighted by Gasteiger charge is 2.21. The van der Waals surface area contributed by atoms with Crippen LogP contribution in [0, 0.1) is 5.92 Å². The van der Waals surface area contributed by atoms with Crippen molar-refractivity contribution in [1.29, 1.82) is 0 Å². The molecule has 1 aromatic carbocycles. The second-order valence-electron chi connectivity index (χ2n) is 5.21. The van der Waals surface area contributed by atoms with Gasteiger partial charge in [-0.1, -0.05) is 24.4 Å². The molecule has 1 heterocycles. The number of nitrogens with zero attached hydrogens (tertiary/aromatic N) is 1. The first-order valence-electron chi connectivity index (χ1n) is 7.05. The highest BCUT2D eigenvalue weighted by molar-refractivity contribution is 7.80. The first-order chi connectivity index (χ1) is 9.69. The van der Waals surface area contributed by atoms with Crippen LogP contribution in [-0.2, 0) is 0 Å². The molecule has 1 aliphatic heterocycles. The maximum absolute atomic E-state index is 8.94. The summed E-state index contributed by atoms with van der Waals surface area (Å²) in [6.45, 7) is 4.03. The van der Waals surface area contributed by atoms with Gasteiger partial charge < -0.3 is 15.6 Å². The van der Waals surface area contributed by atoms with Crippen molar-refractivity contribution >= 4 is 17.2 Å². The first-order valence-corrected chi connectivity index (χ1v) is 7.45. The molecule has 0 aliphatic carbocycles. The van der Waals surface area contributed by atoms with Crippen LogP contribution < -0.4 is 10.5 Å². The number of thiocarbonyl (C=S) groups is 1. The third-order valence-electron chi connectivity index (χ3n) is 3.70. The van der Waals surface area contributed by atoms with Crippen LogP contribution in [0.4, 0.5) is 0 Å². The van der Waals surface area contributed by atoms with Gasteiger partial charge in [-0.25, -0.2) is 0 Å². The zero-order chi connectivity index (χ0) is 14.4. The molecule has 1 aromatic rings. The van der Waals surface area contributed by atoms with Gasteiger partial charge in [0.25, 0.3) is 0 Å². The summed E-state index contributed by atoms with van der Waals surface area (Å²) in [4.78, 5) is 2.78. The molecule has 1 unspecified atom stereocenters. The standard InChI is InChI=1S/C15H22N2O2S/c16-15(20)13-2-1-3-14(10-13)19-9-7-17-6-4-12(11-17)5-8-18/h1-3,10,12,18H,4-9,11H2,(H2,16,20). The zero-order valence-corrected chi connectivity index (χ0v) is 12.4. The van der Waals surface area contributed by atoms with E-state index in [1.807, 2.05) is 24.3 Å². The van der Waals surface area contributed by atoms with Crippen LogP contribution in [0.3, 0.4) is 0 Å². The van der Waals surface area contributed by atoms with Crippen molar-refractivity contribution < 1.29 is 9.84 Å². The lowest BCUT2D eigenvalue weighted by Crippen LogP contribution is -2.26. The monoisotopic (exact) mass is 294 g/mol. The Labute approximate surface area is 125 Å². The van der Waals surface area contributed by atoms with Crippen LogP contribution >= 0.6 is 12.2 Å². The molecule has 0 saturated carbocycles. The topological polar surface area (TPSA) is 58.7 Å². The molecule has 0 amide bonds. The predicted molar refractivity (Wildman–Crippen MR) is 84.1 cm³/mol. The van der Waals surface area contributed by atoms with Gasteiger partial charge in [0, 0.05) is 25.3 Å². The van der Waals surface area contributed by atoms with Gasteiger partial charge >= 0.3 is 0 Å². The van der Waals surface area contributed by atoms with Gasteiger partial charge in [0.05, 0.1) is 0 Å². The number of ether oxygens (including phenoxy) is 1. The van der Waals surface area contributed by atoms with E-state index in [1.165, 1.54) is 6.42 Å². The highest BCUT2D eigenvalue weighted by Crippen LogP contribution is 2.19. The summed E-state index contributed by atoms with van der Waals surface area (Å²) < 4.78 is 5.75. The van der Waals surface area contributed by atoms with Gasteiger partial charge in [0.15, 0.2) is 0 Å². The van der Waals surface area contributed by atoms with Crippen molar-refractivity contribution in [2.24, 2.45) is 11.7 Å². The summed E-state index contributed by atoms with van der Waals surface area (Å²) in [5.74, 6) is 1.44. The van der Waals surface area contributed by atoms with Crippen molar-refractivity contribution in [3.8, 4) is 5.75 Å². The molecule has 1 aliphatic rings. The molecule has 0 bridgehead atoms. The van der Waals surface area contributed by atoms with E-state index in [9.17, 15) is 0 Å². The lowest BCUT2D eigenvalue weighted by Gasteiger charge is -2.16. The van der Waals surface area contributed by atoms with Gasteiger partial charge in [-0.2, -0.15) is 0 Å². The van der Waals surface area contributed by atoms with Crippen LogP contribution in [0.25, 0.3) is 0 Å². The minimum absolute atomic E-state index is 0.292. The number of hydrogen-bond donors (Lipinski definition) is 2. The van der Waals surface area contributed by atoms with Crippen molar-refractivity contribution in [3.63, 3.8) is 0 Å². The van der Waals surface area contributed by atoms with E-state index in [0.717, 1.165) is 37.4 Å². The SMILES string of the molecule is NC(=S)c1cccc(OCCN2CCC(CCO)C2)c1. The molecular formula is C15H22N2O2S. The van der Waals surface area contributed by atoms with Gasteiger partial charge in [0.1, 0.15) is 17.3 Å². The molecule has 20 heavy (non-hydrogen) atoms. The average Bonchev–Trinajstić information content (AvgIpc) is 2.87. The molecule has 0 radical (unpaired) electrons. The molecule has 4 nitrogen and oxygen atoms in total. The van der Waals surface area contributed by atoms with E-state index in [-0.39, 0.29) is 0 Å². The van der Waals surface area contributed by atoms with Crippen molar-refractivity contribution in [3.05, 3.63) is 29.8 Å². The normalized spacial score (nSPS) is 19.1. The molecule has 1 fully saturated rings. The van der Waals surface area contributed by atoms with Crippen LogP contribution in [-0.4, -0.2) is 47.8 Å². The Morgan fingerprint density at radius 1 is 1.50 bits per heavy atom. The molecule has 110 valence electrons. The van der Waals surface area contributed by atoms with Crippen LogP contribution in [0.15, 0.2) is 24.3 Å². The fraction of sp³-hybridized carbons (Fsp3) is 0.533. The number of aliphatic hydroxyl groups excluding tert-OH is 1. The van der Waals surface area contributed by atoms with Gasteiger partial charge in [-0.3, -0.25) is 4.90 Å². The minimum Gasteiger partial charge on any atom is -0.492 e. The average molecular weight is 294 g/mol. The third kappa shape index (κ3) is 4.44. The second-order valence-corrected chi connectivity index (χ2v) is 5.65. The maximum atomic E-state index is 8.94. The Balaban J connectivity index is 1.73. The number of benzene rings is 1. The minimum atomic E-state index is 0.292. The van der Waals surface area contributed by atoms with Crippen molar-refractivity contribution in [2.75, 3.05) is 32.8 Å². The fourth-order valence-corrected chi connectivity index (χ4v) is 2.69. The van der Waals surface area contributed by atoms with Gasteiger partial charge in [-0.15, -0.1) is 0 Å². The van der Waals surface area contributed by atoms with E-state index >= 15 is 0 Å². The van der Waals surface area contributed by atoms with E-state index in [4.69, 9.17) is 27.8 Å². The smallest absolute Gasteiger partial charge is 0.120 e.